The quantitative estimate of drug-likeness (QED) is 0.910. The summed E-state index contributed by atoms with van der Waals surface area (Å²) in [5, 5.41) is 3.57. The summed E-state index contributed by atoms with van der Waals surface area (Å²) in [5.74, 6) is 0.744. The van der Waals surface area contributed by atoms with Crippen LogP contribution in [0.2, 0.25) is 5.02 Å². The number of nitrogens with zero attached hydrogens (tertiary/aromatic N) is 3. The first-order valence-corrected chi connectivity index (χ1v) is 7.90. The predicted octanol–water partition coefficient (Wildman–Crippen LogP) is 2.95. The Kier molecular flexibility index (Phi) is 5.19. The second-order valence-corrected chi connectivity index (χ2v) is 7.02. The maximum absolute atomic E-state index is 12.2. The van der Waals surface area contributed by atoms with Gasteiger partial charge in [-0.15, -0.1) is 0 Å². The average Bonchev–Trinajstić information content (AvgIpc) is 2.80. The van der Waals surface area contributed by atoms with Crippen LogP contribution in [0.4, 0.5) is 10.7 Å². The molecule has 0 aliphatic carbocycles. The van der Waals surface area contributed by atoms with Crippen LogP contribution >= 0.6 is 11.6 Å². The summed E-state index contributed by atoms with van der Waals surface area (Å²) in [6.45, 7) is 8.10. The molecule has 1 N–H and O–H groups in total. The maximum Gasteiger partial charge on any atom is 0.410 e. The van der Waals surface area contributed by atoms with Gasteiger partial charge in [0.2, 0.25) is 11.8 Å². The van der Waals surface area contributed by atoms with Gasteiger partial charge in [0, 0.05) is 18.6 Å². The lowest BCUT2D eigenvalue weighted by Crippen LogP contribution is -2.39. The van der Waals surface area contributed by atoms with Gasteiger partial charge in [-0.1, -0.05) is 11.6 Å². The van der Waals surface area contributed by atoms with E-state index in [4.69, 9.17) is 21.1 Å². The third-order valence-corrected chi connectivity index (χ3v) is 3.70. The molecule has 2 heterocycles. The molecule has 1 aliphatic heterocycles. The monoisotopic (exact) mass is 342 g/mol. The number of rotatable bonds is 3. The Morgan fingerprint density at radius 1 is 1.48 bits per heavy atom. The molecule has 2 atom stereocenters. The van der Waals surface area contributed by atoms with Gasteiger partial charge in [-0.3, -0.25) is 0 Å². The van der Waals surface area contributed by atoms with Crippen molar-refractivity contribution in [3.8, 4) is 5.88 Å². The van der Waals surface area contributed by atoms with Crippen LogP contribution < -0.4 is 10.1 Å². The molecule has 23 heavy (non-hydrogen) atoms. The second-order valence-electron chi connectivity index (χ2n) is 6.61. The number of nitrogens with one attached hydrogen (secondary N) is 1. The third-order valence-electron chi connectivity index (χ3n) is 3.44. The Hall–Kier alpha value is -1.76. The summed E-state index contributed by atoms with van der Waals surface area (Å²) in [5.41, 5.74) is -0.505. The van der Waals surface area contributed by atoms with Gasteiger partial charge in [-0.25, -0.2) is 9.78 Å². The fourth-order valence-corrected chi connectivity index (χ4v) is 2.63. The van der Waals surface area contributed by atoms with E-state index < -0.39 is 5.60 Å². The summed E-state index contributed by atoms with van der Waals surface area (Å²) in [6.07, 6.45) is 1.97. The molecule has 1 amide bonds. The molecule has 0 unspecified atom stereocenters. The van der Waals surface area contributed by atoms with Gasteiger partial charge in [0.25, 0.3) is 0 Å². The molecule has 7 nitrogen and oxygen atoms in total. The van der Waals surface area contributed by atoms with Crippen molar-refractivity contribution in [2.45, 2.75) is 51.8 Å². The fourth-order valence-electron chi connectivity index (χ4n) is 2.46. The number of amides is 1. The van der Waals surface area contributed by atoms with Crippen LogP contribution in [0.3, 0.4) is 0 Å². The van der Waals surface area contributed by atoms with Crippen LogP contribution in [0.15, 0.2) is 6.20 Å². The van der Waals surface area contributed by atoms with E-state index in [0.29, 0.717) is 23.4 Å². The minimum atomic E-state index is -0.505. The fraction of sp³-hybridized carbons (Fsp3) is 0.667. The van der Waals surface area contributed by atoms with Crippen LogP contribution in [0, 0.1) is 0 Å². The van der Waals surface area contributed by atoms with E-state index in [1.54, 1.807) is 4.90 Å². The van der Waals surface area contributed by atoms with Crippen LogP contribution in [-0.4, -0.2) is 52.3 Å². The zero-order valence-corrected chi connectivity index (χ0v) is 14.8. The molecule has 1 aliphatic rings. The minimum absolute atomic E-state index is 0.0448. The van der Waals surface area contributed by atoms with Crippen molar-refractivity contribution in [2.24, 2.45) is 0 Å². The summed E-state index contributed by atoms with van der Waals surface area (Å²) in [4.78, 5) is 22.3. The van der Waals surface area contributed by atoms with E-state index >= 15 is 0 Å². The van der Waals surface area contributed by atoms with Crippen LogP contribution in [0.25, 0.3) is 0 Å². The molecule has 2 rings (SSSR count). The van der Waals surface area contributed by atoms with Crippen LogP contribution in [0.1, 0.15) is 34.1 Å². The molecule has 0 aromatic carbocycles. The lowest BCUT2D eigenvalue weighted by atomic mass is 10.2. The Balaban J connectivity index is 2.00. The van der Waals surface area contributed by atoms with E-state index in [-0.39, 0.29) is 18.2 Å². The third kappa shape index (κ3) is 4.60. The molecule has 128 valence electrons. The number of carbonyl (C=O) groups excluding carboxylic acids is 1. The summed E-state index contributed by atoms with van der Waals surface area (Å²) in [7, 11) is 1.50. The number of carbonyl (C=O) groups is 1. The molecule has 0 saturated carbocycles. The number of anilines is 1. The molecular weight excluding hydrogens is 320 g/mol. The maximum atomic E-state index is 12.2. The van der Waals surface area contributed by atoms with Crippen molar-refractivity contribution in [1.82, 2.24) is 14.9 Å². The highest BCUT2D eigenvalue weighted by molar-refractivity contribution is 6.31. The lowest BCUT2D eigenvalue weighted by molar-refractivity contribution is 0.0238. The lowest BCUT2D eigenvalue weighted by Gasteiger charge is -2.26. The first-order chi connectivity index (χ1) is 10.7. The molecule has 1 saturated heterocycles. The molecule has 0 bridgehead atoms. The topological polar surface area (TPSA) is 76.6 Å². The van der Waals surface area contributed by atoms with Gasteiger partial charge in [0.15, 0.2) is 0 Å². The standard InChI is InChI=1S/C15H23ClN4O3/c1-9-6-10(8-20(9)14(21)23-15(2,3)4)18-13-17-7-11(16)12(19-13)22-5/h7,9-10H,6,8H2,1-5H3,(H,17,18,19)/t9-,10-/m1/s1. The Morgan fingerprint density at radius 2 is 2.17 bits per heavy atom. The van der Waals surface area contributed by atoms with Crippen molar-refractivity contribution >= 4 is 23.6 Å². The number of ether oxygens (including phenoxy) is 2. The van der Waals surface area contributed by atoms with Crippen molar-refractivity contribution < 1.29 is 14.3 Å². The van der Waals surface area contributed by atoms with Gasteiger partial charge in [0.1, 0.15) is 10.6 Å². The van der Waals surface area contributed by atoms with Crippen molar-refractivity contribution in [3.63, 3.8) is 0 Å². The van der Waals surface area contributed by atoms with Gasteiger partial charge < -0.3 is 19.7 Å². The van der Waals surface area contributed by atoms with E-state index in [0.717, 1.165) is 6.42 Å². The smallest absolute Gasteiger partial charge is 0.410 e. The molecular formula is C15H23ClN4O3. The molecule has 1 aromatic rings. The van der Waals surface area contributed by atoms with Gasteiger partial charge in [-0.05, 0) is 34.1 Å². The number of aromatic nitrogens is 2. The van der Waals surface area contributed by atoms with Crippen LogP contribution in [0.5, 0.6) is 5.88 Å². The van der Waals surface area contributed by atoms with Gasteiger partial charge in [0.05, 0.1) is 13.3 Å². The Morgan fingerprint density at radius 3 is 2.78 bits per heavy atom. The number of methoxy groups -OCH3 is 1. The first-order valence-electron chi connectivity index (χ1n) is 7.52. The highest BCUT2D eigenvalue weighted by Crippen LogP contribution is 2.25. The summed E-state index contributed by atoms with van der Waals surface area (Å²) < 4.78 is 10.5. The van der Waals surface area contributed by atoms with Gasteiger partial charge in [-0.2, -0.15) is 4.98 Å². The zero-order chi connectivity index (χ0) is 17.2. The SMILES string of the molecule is COc1nc(N[C@@H]2C[C@@H](C)N(C(=O)OC(C)(C)C)C2)ncc1Cl. The van der Waals surface area contributed by atoms with E-state index in [1.807, 2.05) is 27.7 Å². The molecule has 1 aromatic heterocycles. The zero-order valence-electron chi connectivity index (χ0n) is 14.1. The largest absolute Gasteiger partial charge is 0.480 e. The molecule has 0 radical (unpaired) electrons. The molecule has 0 spiro atoms. The second kappa shape index (κ2) is 6.78. The van der Waals surface area contributed by atoms with E-state index in [2.05, 4.69) is 15.3 Å². The Bertz CT molecular complexity index is 576. The van der Waals surface area contributed by atoms with E-state index in [1.165, 1.54) is 13.3 Å². The first kappa shape index (κ1) is 17.6. The van der Waals surface area contributed by atoms with Crippen LogP contribution in [-0.2, 0) is 4.74 Å². The number of hydrogen-bond donors (Lipinski definition) is 1. The number of halogens is 1. The number of hydrogen-bond acceptors (Lipinski definition) is 6. The highest BCUT2D eigenvalue weighted by atomic mass is 35.5. The van der Waals surface area contributed by atoms with E-state index in [9.17, 15) is 4.79 Å². The van der Waals surface area contributed by atoms with Crippen molar-refractivity contribution in [3.05, 3.63) is 11.2 Å². The summed E-state index contributed by atoms with van der Waals surface area (Å²) in [6, 6.07) is 0.125. The predicted molar refractivity (Wildman–Crippen MR) is 88.0 cm³/mol. The number of likely N-dealkylation sites (tertiary alicyclic amines) is 1. The molecule has 8 heteroatoms. The van der Waals surface area contributed by atoms with Gasteiger partial charge >= 0.3 is 6.09 Å². The molecule has 1 fully saturated rings. The van der Waals surface area contributed by atoms with Crippen molar-refractivity contribution in [2.75, 3.05) is 19.0 Å². The average molecular weight is 343 g/mol. The normalized spacial score (nSPS) is 21.2. The summed E-state index contributed by atoms with van der Waals surface area (Å²) >= 11 is 5.92. The van der Waals surface area contributed by atoms with Crippen molar-refractivity contribution in [1.29, 1.82) is 0 Å². The minimum Gasteiger partial charge on any atom is -0.480 e. The Labute approximate surface area is 141 Å². The highest BCUT2D eigenvalue weighted by Gasteiger charge is 2.35.